The second-order valence-corrected chi connectivity index (χ2v) is 7.53. The molecule has 4 heteroatoms. The average Bonchev–Trinajstić information content (AvgIpc) is 2.67. The molecule has 1 amide bonds. The van der Waals surface area contributed by atoms with E-state index in [0.29, 0.717) is 19.5 Å². The lowest BCUT2D eigenvalue weighted by Gasteiger charge is -2.28. The van der Waals surface area contributed by atoms with E-state index < -0.39 is 11.2 Å². The molecule has 2 rings (SSSR count). The van der Waals surface area contributed by atoms with E-state index in [1.165, 1.54) is 5.56 Å². The zero-order valence-corrected chi connectivity index (χ0v) is 14.5. The third-order valence-corrected chi connectivity index (χ3v) is 4.29. The summed E-state index contributed by atoms with van der Waals surface area (Å²) in [7, 11) is 0. The summed E-state index contributed by atoms with van der Waals surface area (Å²) in [6.07, 6.45) is 3.48. The van der Waals surface area contributed by atoms with Crippen molar-refractivity contribution in [2.75, 3.05) is 13.1 Å². The average molecular weight is 319 g/mol. The maximum Gasteiger partial charge on any atom is 0.410 e. The van der Waals surface area contributed by atoms with Crippen LogP contribution in [0.4, 0.5) is 4.79 Å². The number of hydrogen-bond donors (Lipinski definition) is 1. The van der Waals surface area contributed by atoms with E-state index in [9.17, 15) is 9.90 Å². The van der Waals surface area contributed by atoms with Gasteiger partial charge in [-0.25, -0.2) is 4.79 Å². The summed E-state index contributed by atoms with van der Waals surface area (Å²) in [4.78, 5) is 13.9. The molecule has 1 saturated heterocycles. The van der Waals surface area contributed by atoms with Gasteiger partial charge in [0.2, 0.25) is 0 Å². The molecule has 1 atom stereocenters. The first-order valence-electron chi connectivity index (χ1n) is 8.52. The van der Waals surface area contributed by atoms with Crippen LogP contribution in [0.25, 0.3) is 0 Å². The zero-order chi connectivity index (χ0) is 16.9. The van der Waals surface area contributed by atoms with E-state index in [4.69, 9.17) is 4.74 Å². The van der Waals surface area contributed by atoms with Gasteiger partial charge in [-0.05, 0) is 58.4 Å². The molecule has 0 bridgehead atoms. The summed E-state index contributed by atoms with van der Waals surface area (Å²) >= 11 is 0. The Labute approximate surface area is 139 Å². The zero-order valence-electron chi connectivity index (χ0n) is 14.5. The Morgan fingerprint density at radius 1 is 1.22 bits per heavy atom. The Kier molecular flexibility index (Phi) is 5.69. The molecule has 0 spiro atoms. The fourth-order valence-electron chi connectivity index (χ4n) is 2.96. The first-order chi connectivity index (χ1) is 10.8. The summed E-state index contributed by atoms with van der Waals surface area (Å²) in [5, 5.41) is 10.9. The molecule has 4 nitrogen and oxygen atoms in total. The van der Waals surface area contributed by atoms with Gasteiger partial charge in [0.05, 0.1) is 5.60 Å². The van der Waals surface area contributed by atoms with Gasteiger partial charge in [-0.15, -0.1) is 0 Å². The smallest absolute Gasteiger partial charge is 0.410 e. The molecular formula is C19H29NO3. The molecule has 1 aromatic rings. The van der Waals surface area contributed by atoms with Crippen molar-refractivity contribution in [3.63, 3.8) is 0 Å². The summed E-state index contributed by atoms with van der Waals surface area (Å²) in [5.74, 6) is 0. The highest BCUT2D eigenvalue weighted by Crippen LogP contribution is 2.28. The Hall–Kier alpha value is -1.55. The second-order valence-electron chi connectivity index (χ2n) is 7.53. The number of likely N-dealkylation sites (tertiary alicyclic amines) is 1. The first kappa shape index (κ1) is 17.8. The van der Waals surface area contributed by atoms with Gasteiger partial charge < -0.3 is 14.7 Å². The Bertz CT molecular complexity index is 509. The SMILES string of the molecule is CC(C)(C)OC(=O)N1CCCC(O)(CCc2ccccc2)CC1. The van der Waals surface area contributed by atoms with E-state index in [0.717, 1.165) is 25.7 Å². The highest BCUT2D eigenvalue weighted by Gasteiger charge is 2.32. The molecule has 1 fully saturated rings. The van der Waals surface area contributed by atoms with Crippen LogP contribution >= 0.6 is 0 Å². The van der Waals surface area contributed by atoms with Crippen LogP contribution in [0.5, 0.6) is 0 Å². The van der Waals surface area contributed by atoms with Crippen LogP contribution in [0.1, 0.15) is 52.0 Å². The minimum absolute atomic E-state index is 0.273. The molecule has 0 radical (unpaired) electrons. The molecule has 1 heterocycles. The molecule has 0 aliphatic carbocycles. The summed E-state index contributed by atoms with van der Waals surface area (Å²) in [6, 6.07) is 10.2. The minimum atomic E-state index is -0.688. The highest BCUT2D eigenvalue weighted by molar-refractivity contribution is 5.68. The van der Waals surface area contributed by atoms with Crippen molar-refractivity contribution in [2.45, 2.75) is 64.1 Å². The van der Waals surface area contributed by atoms with Crippen LogP contribution in [0, 0.1) is 0 Å². The van der Waals surface area contributed by atoms with Crippen molar-refractivity contribution in [1.82, 2.24) is 4.90 Å². The van der Waals surface area contributed by atoms with Crippen LogP contribution in [0.15, 0.2) is 30.3 Å². The van der Waals surface area contributed by atoms with Gasteiger partial charge in [0.25, 0.3) is 0 Å². The molecule has 0 saturated carbocycles. The molecule has 23 heavy (non-hydrogen) atoms. The summed E-state index contributed by atoms with van der Waals surface area (Å²) in [6.45, 7) is 6.83. The topological polar surface area (TPSA) is 49.8 Å². The van der Waals surface area contributed by atoms with E-state index in [2.05, 4.69) is 12.1 Å². The lowest BCUT2D eigenvalue weighted by atomic mass is 9.88. The van der Waals surface area contributed by atoms with Crippen LogP contribution in [0.2, 0.25) is 0 Å². The van der Waals surface area contributed by atoms with Gasteiger partial charge in [0.1, 0.15) is 5.60 Å². The third kappa shape index (κ3) is 5.87. The first-order valence-corrected chi connectivity index (χ1v) is 8.52. The molecule has 0 aromatic heterocycles. The lowest BCUT2D eigenvalue weighted by Crippen LogP contribution is -2.38. The van der Waals surface area contributed by atoms with Gasteiger partial charge in [-0.1, -0.05) is 30.3 Å². The fourth-order valence-corrected chi connectivity index (χ4v) is 2.96. The predicted octanol–water partition coefficient (Wildman–Crippen LogP) is 3.77. The van der Waals surface area contributed by atoms with Crippen molar-refractivity contribution in [1.29, 1.82) is 0 Å². The largest absolute Gasteiger partial charge is 0.444 e. The molecule has 1 unspecified atom stereocenters. The van der Waals surface area contributed by atoms with Crippen molar-refractivity contribution in [2.24, 2.45) is 0 Å². The quantitative estimate of drug-likeness (QED) is 0.922. The van der Waals surface area contributed by atoms with Crippen LogP contribution in [0.3, 0.4) is 0 Å². The number of carbonyl (C=O) groups excluding carboxylic acids is 1. The lowest BCUT2D eigenvalue weighted by molar-refractivity contribution is 0.0107. The number of carbonyl (C=O) groups is 1. The number of benzene rings is 1. The van der Waals surface area contributed by atoms with Crippen LogP contribution in [-0.4, -0.2) is 40.4 Å². The number of ether oxygens (including phenoxy) is 1. The Morgan fingerprint density at radius 3 is 2.57 bits per heavy atom. The maximum absolute atomic E-state index is 12.2. The van der Waals surface area contributed by atoms with Gasteiger partial charge >= 0.3 is 6.09 Å². The Balaban J connectivity index is 1.88. The van der Waals surface area contributed by atoms with Gasteiger partial charge in [0, 0.05) is 13.1 Å². The normalized spacial score (nSPS) is 22.5. The molecular weight excluding hydrogens is 290 g/mol. The van der Waals surface area contributed by atoms with Crippen molar-refractivity contribution in [3.05, 3.63) is 35.9 Å². The number of aliphatic hydroxyl groups is 1. The maximum atomic E-state index is 12.2. The summed E-state index contributed by atoms with van der Waals surface area (Å²) < 4.78 is 5.44. The van der Waals surface area contributed by atoms with E-state index in [1.54, 1.807) is 4.90 Å². The number of nitrogens with zero attached hydrogens (tertiary/aromatic N) is 1. The number of aryl methyl sites for hydroxylation is 1. The molecule has 128 valence electrons. The predicted molar refractivity (Wildman–Crippen MR) is 91.4 cm³/mol. The van der Waals surface area contributed by atoms with E-state index in [-0.39, 0.29) is 6.09 Å². The summed E-state index contributed by atoms with van der Waals surface area (Å²) in [5.41, 5.74) is 0.0775. The van der Waals surface area contributed by atoms with Gasteiger partial charge in [0.15, 0.2) is 0 Å². The van der Waals surface area contributed by atoms with Crippen molar-refractivity contribution in [3.8, 4) is 0 Å². The monoisotopic (exact) mass is 319 g/mol. The Morgan fingerprint density at radius 2 is 1.91 bits per heavy atom. The molecule has 1 aromatic carbocycles. The highest BCUT2D eigenvalue weighted by atomic mass is 16.6. The van der Waals surface area contributed by atoms with E-state index in [1.807, 2.05) is 39.0 Å². The number of amides is 1. The number of rotatable bonds is 3. The standard InChI is InChI=1S/C19H29NO3/c1-18(2,3)23-17(21)20-14-7-11-19(22,13-15-20)12-10-16-8-5-4-6-9-16/h4-6,8-9,22H,7,10-15H2,1-3H3. The van der Waals surface area contributed by atoms with Crippen molar-refractivity contribution < 1.29 is 14.6 Å². The third-order valence-electron chi connectivity index (χ3n) is 4.29. The van der Waals surface area contributed by atoms with Gasteiger partial charge in [-0.2, -0.15) is 0 Å². The molecule has 1 N–H and O–H groups in total. The van der Waals surface area contributed by atoms with Crippen LogP contribution < -0.4 is 0 Å². The van der Waals surface area contributed by atoms with Crippen LogP contribution in [-0.2, 0) is 11.2 Å². The second kappa shape index (κ2) is 7.35. The number of hydrogen-bond acceptors (Lipinski definition) is 3. The minimum Gasteiger partial charge on any atom is -0.444 e. The molecule has 1 aliphatic heterocycles. The molecule has 1 aliphatic rings. The van der Waals surface area contributed by atoms with Crippen molar-refractivity contribution >= 4 is 6.09 Å². The van der Waals surface area contributed by atoms with Gasteiger partial charge in [-0.3, -0.25) is 0 Å². The van der Waals surface area contributed by atoms with E-state index >= 15 is 0 Å². The fraction of sp³-hybridized carbons (Fsp3) is 0.632.